The fourth-order valence-corrected chi connectivity index (χ4v) is 6.95. The maximum atomic E-state index is 12.8. The first kappa shape index (κ1) is 44.3. The largest absolute Gasteiger partial charge is 0.494 e. The number of hydrogen-bond acceptors (Lipinski definition) is 4. The first-order chi connectivity index (χ1) is 26.1. The number of benzene rings is 3. The van der Waals surface area contributed by atoms with Gasteiger partial charge in [0, 0.05) is 6.61 Å². The standard InChI is InChI=1S/C49H74O4/c1-4-6-8-10-12-14-16-17-18-19-21-22-24-26-40-51-42(3)43-28-30-44(31-29-43)45-32-38-48(39-33-45)53-49(50)46-34-36-47(37-35-46)52-41-27-25-23-20-15-13-11-9-7-5-2/h28-39,42H,4-27,40-41H2,1-3H3. The highest BCUT2D eigenvalue weighted by atomic mass is 16.5. The van der Waals surface area contributed by atoms with E-state index in [4.69, 9.17) is 14.2 Å². The van der Waals surface area contributed by atoms with Gasteiger partial charge in [0.25, 0.3) is 0 Å². The molecule has 4 heteroatoms. The van der Waals surface area contributed by atoms with Crippen LogP contribution in [0.2, 0.25) is 0 Å². The minimum Gasteiger partial charge on any atom is -0.494 e. The second kappa shape index (κ2) is 29.3. The van der Waals surface area contributed by atoms with Gasteiger partial charge in [-0.1, -0.05) is 192 Å². The summed E-state index contributed by atoms with van der Waals surface area (Å²) in [5, 5.41) is 0. The Morgan fingerprint density at radius 2 is 0.830 bits per heavy atom. The van der Waals surface area contributed by atoms with Gasteiger partial charge in [-0.3, -0.25) is 0 Å². The van der Waals surface area contributed by atoms with Gasteiger partial charge in [-0.25, -0.2) is 4.79 Å². The lowest BCUT2D eigenvalue weighted by atomic mass is 10.0. The van der Waals surface area contributed by atoms with Gasteiger partial charge in [-0.2, -0.15) is 0 Å². The van der Waals surface area contributed by atoms with Gasteiger partial charge in [0.1, 0.15) is 11.5 Å². The molecule has 0 aromatic heterocycles. The number of ether oxygens (including phenoxy) is 3. The molecule has 3 aromatic rings. The molecule has 1 atom stereocenters. The molecule has 0 aliphatic carbocycles. The smallest absolute Gasteiger partial charge is 0.343 e. The number of hydrogen-bond donors (Lipinski definition) is 0. The predicted molar refractivity (Wildman–Crippen MR) is 225 cm³/mol. The minimum atomic E-state index is -0.369. The van der Waals surface area contributed by atoms with Crippen LogP contribution in [0.15, 0.2) is 72.8 Å². The van der Waals surface area contributed by atoms with E-state index in [1.165, 1.54) is 147 Å². The summed E-state index contributed by atoms with van der Waals surface area (Å²) < 4.78 is 17.7. The lowest BCUT2D eigenvalue weighted by Crippen LogP contribution is -2.08. The molecule has 0 fully saturated rings. The highest BCUT2D eigenvalue weighted by Crippen LogP contribution is 2.26. The Morgan fingerprint density at radius 1 is 0.453 bits per heavy atom. The van der Waals surface area contributed by atoms with Gasteiger partial charge >= 0.3 is 5.97 Å². The van der Waals surface area contributed by atoms with Crippen molar-refractivity contribution in [1.29, 1.82) is 0 Å². The molecule has 0 spiro atoms. The first-order valence-corrected chi connectivity index (χ1v) is 21.9. The zero-order chi connectivity index (χ0) is 37.6. The maximum absolute atomic E-state index is 12.8. The number of unbranched alkanes of at least 4 members (excludes halogenated alkanes) is 22. The van der Waals surface area contributed by atoms with Crippen LogP contribution in [-0.4, -0.2) is 19.2 Å². The Hall–Kier alpha value is -3.11. The normalized spacial score (nSPS) is 11.8. The zero-order valence-corrected chi connectivity index (χ0v) is 34.0. The van der Waals surface area contributed by atoms with E-state index < -0.39 is 0 Å². The minimum absolute atomic E-state index is 0.0815. The molecule has 0 amide bonds. The molecule has 3 rings (SSSR count). The molecule has 0 saturated heterocycles. The molecule has 53 heavy (non-hydrogen) atoms. The molecule has 0 N–H and O–H groups in total. The Labute approximate surface area is 324 Å². The Balaban J connectivity index is 1.24. The summed E-state index contributed by atoms with van der Waals surface area (Å²) >= 11 is 0. The summed E-state index contributed by atoms with van der Waals surface area (Å²) in [5.41, 5.74) is 3.91. The third-order valence-electron chi connectivity index (χ3n) is 10.5. The molecule has 294 valence electrons. The molecule has 0 heterocycles. The molecule has 4 nitrogen and oxygen atoms in total. The molecular weight excluding hydrogens is 653 g/mol. The van der Waals surface area contributed by atoms with Crippen LogP contribution < -0.4 is 9.47 Å². The van der Waals surface area contributed by atoms with Crippen LogP contribution in [0.4, 0.5) is 0 Å². The number of carbonyl (C=O) groups is 1. The summed E-state index contributed by atoms with van der Waals surface area (Å²) in [6.07, 6.45) is 32.3. The predicted octanol–water partition coefficient (Wildman–Crippen LogP) is 15.4. The van der Waals surface area contributed by atoms with E-state index in [2.05, 4.69) is 45.0 Å². The van der Waals surface area contributed by atoms with Gasteiger partial charge in [-0.05, 0) is 72.9 Å². The highest BCUT2D eigenvalue weighted by molar-refractivity contribution is 5.91. The average Bonchev–Trinajstić information content (AvgIpc) is 3.19. The van der Waals surface area contributed by atoms with Crippen LogP contribution in [-0.2, 0) is 4.74 Å². The van der Waals surface area contributed by atoms with E-state index in [1.54, 1.807) is 12.1 Å². The van der Waals surface area contributed by atoms with Gasteiger partial charge in [0.15, 0.2) is 0 Å². The van der Waals surface area contributed by atoms with Crippen LogP contribution in [0.5, 0.6) is 11.5 Å². The van der Waals surface area contributed by atoms with E-state index in [0.717, 1.165) is 36.3 Å². The summed E-state index contributed by atoms with van der Waals surface area (Å²) in [6.45, 7) is 8.22. The van der Waals surface area contributed by atoms with Crippen molar-refractivity contribution in [2.45, 2.75) is 181 Å². The van der Waals surface area contributed by atoms with E-state index in [9.17, 15) is 4.79 Å². The van der Waals surface area contributed by atoms with Crippen molar-refractivity contribution in [3.63, 3.8) is 0 Å². The van der Waals surface area contributed by atoms with Crippen molar-refractivity contribution in [1.82, 2.24) is 0 Å². The van der Waals surface area contributed by atoms with Crippen LogP contribution >= 0.6 is 0 Å². The Bertz CT molecular complexity index is 1300. The second-order valence-corrected chi connectivity index (χ2v) is 15.2. The SMILES string of the molecule is CCCCCCCCCCCCCCCCOC(C)c1ccc(-c2ccc(OC(=O)c3ccc(OCCCCCCCCCCCC)cc3)cc2)cc1. The summed E-state index contributed by atoms with van der Waals surface area (Å²) in [7, 11) is 0. The molecule has 1 unspecified atom stereocenters. The lowest BCUT2D eigenvalue weighted by molar-refractivity contribution is 0.0627. The van der Waals surface area contributed by atoms with Gasteiger partial charge in [0.05, 0.1) is 18.3 Å². The third kappa shape index (κ3) is 20.2. The van der Waals surface area contributed by atoms with Crippen LogP contribution in [0.25, 0.3) is 11.1 Å². The molecule has 0 radical (unpaired) electrons. The fraction of sp³-hybridized carbons (Fsp3) is 0.612. The first-order valence-electron chi connectivity index (χ1n) is 21.9. The van der Waals surface area contributed by atoms with Crippen LogP contribution in [0.1, 0.15) is 197 Å². The fourth-order valence-electron chi connectivity index (χ4n) is 6.95. The molecule has 3 aromatic carbocycles. The van der Waals surface area contributed by atoms with Crippen molar-refractivity contribution < 1.29 is 19.0 Å². The van der Waals surface area contributed by atoms with Crippen LogP contribution in [0, 0.1) is 0 Å². The molecule has 0 aliphatic rings. The number of esters is 1. The van der Waals surface area contributed by atoms with Crippen LogP contribution in [0.3, 0.4) is 0 Å². The molecular formula is C49H74O4. The van der Waals surface area contributed by atoms with Gasteiger partial charge in [0.2, 0.25) is 0 Å². The topological polar surface area (TPSA) is 44.8 Å². The van der Waals surface area contributed by atoms with Crippen molar-refractivity contribution in [3.8, 4) is 22.6 Å². The molecule has 0 bridgehead atoms. The van der Waals surface area contributed by atoms with E-state index in [1.807, 2.05) is 36.4 Å². The average molecular weight is 727 g/mol. The zero-order valence-electron chi connectivity index (χ0n) is 34.0. The van der Waals surface area contributed by atoms with E-state index >= 15 is 0 Å². The van der Waals surface area contributed by atoms with Gasteiger partial charge in [-0.15, -0.1) is 0 Å². The Morgan fingerprint density at radius 3 is 1.28 bits per heavy atom. The second-order valence-electron chi connectivity index (χ2n) is 15.2. The maximum Gasteiger partial charge on any atom is 0.343 e. The van der Waals surface area contributed by atoms with E-state index in [0.29, 0.717) is 17.9 Å². The highest BCUT2D eigenvalue weighted by Gasteiger charge is 2.10. The van der Waals surface area contributed by atoms with E-state index in [-0.39, 0.29) is 12.1 Å². The Kier molecular flexibility index (Phi) is 24.5. The third-order valence-corrected chi connectivity index (χ3v) is 10.5. The molecule has 0 aliphatic heterocycles. The van der Waals surface area contributed by atoms with Crippen molar-refractivity contribution in [2.24, 2.45) is 0 Å². The molecule has 0 saturated carbocycles. The monoisotopic (exact) mass is 727 g/mol. The summed E-state index contributed by atoms with van der Waals surface area (Å²) in [4.78, 5) is 12.8. The summed E-state index contributed by atoms with van der Waals surface area (Å²) in [5.74, 6) is 0.951. The lowest BCUT2D eigenvalue weighted by Gasteiger charge is -2.14. The number of rotatable bonds is 32. The van der Waals surface area contributed by atoms with Crippen molar-refractivity contribution >= 4 is 5.97 Å². The summed E-state index contributed by atoms with van der Waals surface area (Å²) in [6, 6.07) is 23.6. The van der Waals surface area contributed by atoms with Crippen molar-refractivity contribution in [3.05, 3.63) is 83.9 Å². The number of carbonyl (C=O) groups excluding carboxylic acids is 1. The van der Waals surface area contributed by atoms with Crippen molar-refractivity contribution in [2.75, 3.05) is 13.2 Å². The van der Waals surface area contributed by atoms with Gasteiger partial charge < -0.3 is 14.2 Å². The quantitative estimate of drug-likeness (QED) is 0.0365.